The first kappa shape index (κ1) is 13.5. The Labute approximate surface area is 109 Å². The molecule has 0 amide bonds. The van der Waals surface area contributed by atoms with E-state index >= 15 is 0 Å². The molecule has 18 heavy (non-hydrogen) atoms. The van der Waals surface area contributed by atoms with Gasteiger partial charge in [-0.1, -0.05) is 32.1 Å². The molecule has 1 saturated heterocycles. The molecule has 2 rings (SSSR count). The average molecular weight is 250 g/mol. The van der Waals surface area contributed by atoms with Crippen LogP contribution in [0.3, 0.4) is 0 Å². The van der Waals surface area contributed by atoms with Crippen molar-refractivity contribution in [2.75, 3.05) is 0 Å². The van der Waals surface area contributed by atoms with E-state index in [4.69, 9.17) is 4.74 Å². The molecule has 0 saturated carbocycles. The quantitative estimate of drug-likeness (QED) is 0.778. The number of hydrogen-bond acceptors (Lipinski definition) is 3. The minimum absolute atomic E-state index is 0.0647. The zero-order valence-corrected chi connectivity index (χ0v) is 11.3. The predicted octanol–water partition coefficient (Wildman–Crippen LogP) is 2.25. The van der Waals surface area contributed by atoms with Gasteiger partial charge in [-0.05, 0) is 25.7 Å². The molecular formula is C15H22O3. The van der Waals surface area contributed by atoms with Gasteiger partial charge in [0.25, 0.3) is 0 Å². The zero-order chi connectivity index (χ0) is 13.6. The molecule has 1 fully saturated rings. The van der Waals surface area contributed by atoms with E-state index in [0.717, 1.165) is 6.42 Å². The van der Waals surface area contributed by atoms with Gasteiger partial charge < -0.3 is 9.84 Å². The number of Topliss-reactive ketones (excluding diaryl/α,β-unsaturated/α-hetero) is 1. The Morgan fingerprint density at radius 2 is 2.22 bits per heavy atom. The lowest BCUT2D eigenvalue weighted by Crippen LogP contribution is -2.61. The maximum Gasteiger partial charge on any atom is 0.170 e. The Bertz CT molecular complexity index is 399. The lowest BCUT2D eigenvalue weighted by Gasteiger charge is -2.47. The molecule has 0 radical (unpaired) electrons. The van der Waals surface area contributed by atoms with Crippen molar-refractivity contribution in [3.05, 3.63) is 24.8 Å². The molecule has 1 N–H and O–H groups in total. The van der Waals surface area contributed by atoms with E-state index in [1.54, 1.807) is 6.08 Å². The predicted molar refractivity (Wildman–Crippen MR) is 70.1 cm³/mol. The fourth-order valence-corrected chi connectivity index (χ4v) is 3.11. The number of hydrogen-bond donors (Lipinski definition) is 1. The van der Waals surface area contributed by atoms with Crippen molar-refractivity contribution in [1.29, 1.82) is 0 Å². The van der Waals surface area contributed by atoms with E-state index < -0.39 is 17.3 Å². The van der Waals surface area contributed by atoms with Crippen molar-refractivity contribution in [2.24, 2.45) is 11.8 Å². The molecule has 4 atom stereocenters. The highest BCUT2D eigenvalue weighted by Crippen LogP contribution is 2.49. The second-order valence-corrected chi connectivity index (χ2v) is 5.85. The highest BCUT2D eigenvalue weighted by molar-refractivity contribution is 5.90. The van der Waals surface area contributed by atoms with E-state index in [1.807, 2.05) is 32.9 Å². The number of carbonyl (C=O) groups excluding carboxylic acids is 1. The van der Waals surface area contributed by atoms with Gasteiger partial charge in [0.2, 0.25) is 0 Å². The van der Waals surface area contributed by atoms with Crippen LogP contribution in [-0.2, 0) is 9.53 Å². The van der Waals surface area contributed by atoms with Crippen LogP contribution in [0, 0.1) is 11.8 Å². The average Bonchev–Trinajstić information content (AvgIpc) is 2.65. The van der Waals surface area contributed by atoms with Crippen LogP contribution in [-0.4, -0.2) is 28.2 Å². The van der Waals surface area contributed by atoms with Crippen LogP contribution in [0.4, 0.5) is 0 Å². The summed E-state index contributed by atoms with van der Waals surface area (Å²) in [5.41, 5.74) is -1.42. The standard InChI is InChI=1S/C15H22O3/c1-5-6-7-11-12(16)13(17)15(10(2)3)9-8-14(11,4)18-15/h5,8-11,13,17H,1,6-7H2,2-4H3/t11-,13-,14+,15-/m0/s1. The summed E-state index contributed by atoms with van der Waals surface area (Å²) in [7, 11) is 0. The first-order valence-corrected chi connectivity index (χ1v) is 6.60. The number of ketones is 1. The normalized spacial score (nSPS) is 42.6. The largest absolute Gasteiger partial charge is 0.382 e. The lowest BCUT2D eigenvalue weighted by molar-refractivity contribution is -0.211. The molecule has 0 aromatic carbocycles. The number of aliphatic hydroxyl groups is 1. The van der Waals surface area contributed by atoms with Gasteiger partial charge in [0.05, 0.1) is 11.5 Å². The monoisotopic (exact) mass is 250 g/mol. The zero-order valence-electron chi connectivity index (χ0n) is 11.3. The first-order valence-electron chi connectivity index (χ1n) is 6.60. The topological polar surface area (TPSA) is 46.5 Å². The Balaban J connectivity index is 2.34. The number of aliphatic hydroxyl groups excluding tert-OH is 1. The Morgan fingerprint density at radius 1 is 1.56 bits per heavy atom. The maximum absolute atomic E-state index is 12.4. The van der Waals surface area contributed by atoms with Gasteiger partial charge in [-0.2, -0.15) is 0 Å². The molecule has 3 nitrogen and oxygen atoms in total. The molecule has 3 heteroatoms. The molecule has 0 aromatic rings. The molecule has 2 bridgehead atoms. The van der Waals surface area contributed by atoms with Crippen LogP contribution in [0.1, 0.15) is 33.6 Å². The summed E-state index contributed by atoms with van der Waals surface area (Å²) >= 11 is 0. The van der Waals surface area contributed by atoms with Crippen molar-refractivity contribution in [3.8, 4) is 0 Å². The van der Waals surface area contributed by atoms with Gasteiger partial charge in [-0.15, -0.1) is 6.58 Å². The molecule has 2 aliphatic rings. The van der Waals surface area contributed by atoms with E-state index in [-0.39, 0.29) is 17.6 Å². The summed E-state index contributed by atoms with van der Waals surface area (Å²) in [4.78, 5) is 12.4. The van der Waals surface area contributed by atoms with E-state index in [2.05, 4.69) is 6.58 Å². The third-order valence-corrected chi connectivity index (χ3v) is 4.37. The van der Waals surface area contributed by atoms with Crippen molar-refractivity contribution in [2.45, 2.75) is 50.9 Å². The second-order valence-electron chi connectivity index (χ2n) is 5.85. The van der Waals surface area contributed by atoms with Gasteiger partial charge in [-0.25, -0.2) is 0 Å². The minimum atomic E-state index is -1.06. The summed E-state index contributed by atoms with van der Waals surface area (Å²) in [5.74, 6) is -0.310. The Kier molecular flexibility index (Phi) is 3.24. The molecule has 0 spiro atoms. The van der Waals surface area contributed by atoms with E-state index in [9.17, 15) is 9.90 Å². The van der Waals surface area contributed by atoms with Gasteiger partial charge in [0.1, 0.15) is 11.7 Å². The van der Waals surface area contributed by atoms with Gasteiger partial charge in [-0.3, -0.25) is 4.79 Å². The van der Waals surface area contributed by atoms with Crippen molar-refractivity contribution in [3.63, 3.8) is 0 Å². The SMILES string of the molecule is C=CCC[C@H]1C(=O)[C@H](O)[C@@]2(C(C)C)C=C[C@@]1(C)O2. The summed E-state index contributed by atoms with van der Waals surface area (Å²) in [6, 6.07) is 0. The van der Waals surface area contributed by atoms with Crippen LogP contribution in [0.5, 0.6) is 0 Å². The molecule has 2 heterocycles. The van der Waals surface area contributed by atoms with Crippen LogP contribution >= 0.6 is 0 Å². The summed E-state index contributed by atoms with van der Waals surface area (Å²) in [5, 5.41) is 10.3. The first-order chi connectivity index (χ1) is 8.37. The third kappa shape index (κ3) is 1.69. The number of rotatable bonds is 4. The van der Waals surface area contributed by atoms with Crippen molar-refractivity contribution >= 4 is 5.78 Å². The Hall–Kier alpha value is -0.930. The number of carbonyl (C=O) groups is 1. The summed E-state index contributed by atoms with van der Waals surface area (Å²) in [6.45, 7) is 9.56. The molecule has 100 valence electrons. The molecule has 2 aliphatic heterocycles. The fraction of sp³-hybridized carbons (Fsp3) is 0.667. The molecular weight excluding hydrogens is 228 g/mol. The van der Waals surface area contributed by atoms with Crippen molar-refractivity contribution < 1.29 is 14.6 Å². The van der Waals surface area contributed by atoms with Gasteiger partial charge in [0.15, 0.2) is 5.78 Å². The summed E-state index contributed by atoms with van der Waals surface area (Å²) < 4.78 is 6.11. The van der Waals surface area contributed by atoms with E-state index in [1.165, 1.54) is 0 Å². The third-order valence-electron chi connectivity index (χ3n) is 4.37. The number of ether oxygens (including phenoxy) is 1. The molecule has 0 unspecified atom stereocenters. The van der Waals surface area contributed by atoms with Crippen LogP contribution in [0.15, 0.2) is 24.8 Å². The van der Waals surface area contributed by atoms with Gasteiger partial charge in [0, 0.05) is 0 Å². The second kappa shape index (κ2) is 4.32. The number of fused-ring (bicyclic) bond motifs is 2. The summed E-state index contributed by atoms with van der Waals surface area (Å²) in [6.07, 6.45) is 6.01. The minimum Gasteiger partial charge on any atom is -0.382 e. The highest BCUT2D eigenvalue weighted by Gasteiger charge is 2.60. The van der Waals surface area contributed by atoms with E-state index in [0.29, 0.717) is 6.42 Å². The van der Waals surface area contributed by atoms with Crippen LogP contribution < -0.4 is 0 Å². The maximum atomic E-state index is 12.4. The molecule has 0 aromatic heterocycles. The highest BCUT2D eigenvalue weighted by atomic mass is 16.5. The smallest absolute Gasteiger partial charge is 0.170 e. The number of allylic oxidation sites excluding steroid dienone is 1. The molecule has 0 aliphatic carbocycles. The van der Waals surface area contributed by atoms with Crippen molar-refractivity contribution in [1.82, 2.24) is 0 Å². The van der Waals surface area contributed by atoms with Crippen LogP contribution in [0.2, 0.25) is 0 Å². The van der Waals surface area contributed by atoms with Gasteiger partial charge >= 0.3 is 0 Å². The fourth-order valence-electron chi connectivity index (χ4n) is 3.11. The Morgan fingerprint density at radius 3 is 2.78 bits per heavy atom. The lowest BCUT2D eigenvalue weighted by atomic mass is 9.74. The van der Waals surface area contributed by atoms with Crippen LogP contribution in [0.25, 0.3) is 0 Å².